The van der Waals surface area contributed by atoms with Crippen LogP contribution in [0, 0.1) is 0 Å². The molecule has 1 aliphatic rings. The first-order valence-corrected chi connectivity index (χ1v) is 6.32. The molecular weight excluding hydrogens is 246 g/mol. The third-order valence-corrected chi connectivity index (χ3v) is 2.97. The molecule has 6 heteroatoms. The van der Waals surface area contributed by atoms with E-state index in [9.17, 15) is 4.79 Å². The molecule has 1 amide bonds. The standard InChI is InChI=1S/C13H19N3O3/c1-5-9-15-16-10(18-9)13(7-6-8-13)14-11(17)19-12(2,3)4/h5H,1,6-8H2,2-4H3,(H,14,17). The molecule has 0 bridgehead atoms. The van der Waals surface area contributed by atoms with E-state index < -0.39 is 17.2 Å². The van der Waals surface area contributed by atoms with E-state index in [1.54, 1.807) is 0 Å². The van der Waals surface area contributed by atoms with Gasteiger partial charge in [0.15, 0.2) is 0 Å². The first-order chi connectivity index (χ1) is 8.85. The lowest BCUT2D eigenvalue weighted by atomic mass is 9.76. The quantitative estimate of drug-likeness (QED) is 0.909. The average molecular weight is 265 g/mol. The van der Waals surface area contributed by atoms with Gasteiger partial charge in [0.2, 0.25) is 11.8 Å². The van der Waals surface area contributed by atoms with Crippen molar-refractivity contribution in [3.63, 3.8) is 0 Å². The van der Waals surface area contributed by atoms with Crippen LogP contribution in [-0.2, 0) is 10.3 Å². The van der Waals surface area contributed by atoms with Crippen molar-refractivity contribution in [2.45, 2.75) is 51.2 Å². The van der Waals surface area contributed by atoms with Gasteiger partial charge in [0, 0.05) is 0 Å². The second-order valence-corrected chi connectivity index (χ2v) is 5.71. The molecule has 0 aromatic carbocycles. The van der Waals surface area contributed by atoms with Crippen LogP contribution in [0.5, 0.6) is 0 Å². The van der Waals surface area contributed by atoms with Crippen molar-refractivity contribution >= 4 is 12.2 Å². The van der Waals surface area contributed by atoms with Crippen LogP contribution in [0.4, 0.5) is 4.79 Å². The lowest BCUT2D eigenvalue weighted by molar-refractivity contribution is 0.0333. The molecule has 6 nitrogen and oxygen atoms in total. The van der Waals surface area contributed by atoms with E-state index in [0.717, 1.165) is 19.3 Å². The molecule has 104 valence electrons. The number of nitrogens with zero attached hydrogens (tertiary/aromatic N) is 2. The number of carbonyl (C=O) groups excluding carboxylic acids is 1. The molecular formula is C13H19N3O3. The fourth-order valence-corrected chi connectivity index (χ4v) is 1.93. The van der Waals surface area contributed by atoms with Gasteiger partial charge < -0.3 is 14.5 Å². The summed E-state index contributed by atoms with van der Waals surface area (Å²) in [4.78, 5) is 11.9. The molecule has 1 saturated carbocycles. The summed E-state index contributed by atoms with van der Waals surface area (Å²) in [6, 6.07) is 0. The third-order valence-electron chi connectivity index (χ3n) is 2.97. The second-order valence-electron chi connectivity index (χ2n) is 5.71. The normalized spacial score (nSPS) is 17.4. The number of rotatable bonds is 3. The number of amides is 1. The summed E-state index contributed by atoms with van der Waals surface area (Å²) in [5.41, 5.74) is -1.12. The van der Waals surface area contributed by atoms with Gasteiger partial charge in [-0.25, -0.2) is 4.79 Å². The average Bonchev–Trinajstić information content (AvgIpc) is 2.69. The monoisotopic (exact) mass is 265 g/mol. The molecule has 2 rings (SSSR count). The molecule has 0 atom stereocenters. The minimum Gasteiger partial charge on any atom is -0.444 e. The topological polar surface area (TPSA) is 77.2 Å². The SMILES string of the molecule is C=Cc1nnc(C2(NC(=O)OC(C)(C)C)CCC2)o1. The van der Waals surface area contributed by atoms with E-state index in [-0.39, 0.29) is 0 Å². The van der Waals surface area contributed by atoms with Gasteiger partial charge in [-0.2, -0.15) is 0 Å². The highest BCUT2D eigenvalue weighted by atomic mass is 16.6. The maximum Gasteiger partial charge on any atom is 0.408 e. The summed E-state index contributed by atoms with van der Waals surface area (Å²) in [5, 5.41) is 10.7. The van der Waals surface area contributed by atoms with Crippen LogP contribution < -0.4 is 5.32 Å². The Morgan fingerprint density at radius 2 is 2.16 bits per heavy atom. The Labute approximate surface area is 112 Å². The summed E-state index contributed by atoms with van der Waals surface area (Å²) in [6.45, 7) is 9.04. The minimum atomic E-state index is -0.587. The van der Waals surface area contributed by atoms with E-state index in [4.69, 9.17) is 9.15 Å². The zero-order valence-corrected chi connectivity index (χ0v) is 11.5. The Kier molecular flexibility index (Phi) is 3.34. The van der Waals surface area contributed by atoms with E-state index >= 15 is 0 Å². The highest BCUT2D eigenvalue weighted by molar-refractivity contribution is 5.69. The largest absolute Gasteiger partial charge is 0.444 e. The van der Waals surface area contributed by atoms with Crippen molar-refractivity contribution in [1.29, 1.82) is 0 Å². The lowest BCUT2D eigenvalue weighted by Gasteiger charge is -2.39. The summed E-state index contributed by atoms with van der Waals surface area (Å²) >= 11 is 0. The van der Waals surface area contributed by atoms with Gasteiger partial charge in [-0.3, -0.25) is 0 Å². The third kappa shape index (κ3) is 2.94. The predicted molar refractivity (Wildman–Crippen MR) is 69.3 cm³/mol. The molecule has 1 aromatic rings. The number of aromatic nitrogens is 2. The number of nitrogens with one attached hydrogen (secondary N) is 1. The van der Waals surface area contributed by atoms with Gasteiger partial charge in [0.05, 0.1) is 0 Å². The second kappa shape index (κ2) is 4.68. The smallest absolute Gasteiger partial charge is 0.408 e. The van der Waals surface area contributed by atoms with Gasteiger partial charge in [-0.05, 0) is 46.1 Å². The lowest BCUT2D eigenvalue weighted by Crippen LogP contribution is -2.52. The van der Waals surface area contributed by atoms with Crippen LogP contribution in [-0.4, -0.2) is 21.9 Å². The zero-order chi connectivity index (χ0) is 14.1. The zero-order valence-electron chi connectivity index (χ0n) is 11.5. The van der Waals surface area contributed by atoms with Crippen LogP contribution in [0.25, 0.3) is 6.08 Å². The fraction of sp³-hybridized carbons (Fsp3) is 0.615. The number of alkyl carbamates (subject to hydrolysis) is 1. The molecule has 1 heterocycles. The van der Waals surface area contributed by atoms with Crippen molar-refractivity contribution in [3.05, 3.63) is 18.4 Å². The molecule has 0 unspecified atom stereocenters. The molecule has 1 aromatic heterocycles. The van der Waals surface area contributed by atoms with Gasteiger partial charge in [0.1, 0.15) is 11.1 Å². The van der Waals surface area contributed by atoms with Gasteiger partial charge in [-0.1, -0.05) is 6.58 Å². The predicted octanol–water partition coefficient (Wildman–Crippen LogP) is 2.62. The van der Waals surface area contributed by atoms with Crippen LogP contribution in [0.2, 0.25) is 0 Å². The summed E-state index contributed by atoms with van der Waals surface area (Å²) in [7, 11) is 0. The maximum absolute atomic E-state index is 11.9. The van der Waals surface area contributed by atoms with E-state index in [0.29, 0.717) is 11.8 Å². The van der Waals surface area contributed by atoms with E-state index in [2.05, 4.69) is 22.1 Å². The number of carbonyl (C=O) groups is 1. The molecule has 1 fully saturated rings. The molecule has 19 heavy (non-hydrogen) atoms. The van der Waals surface area contributed by atoms with Gasteiger partial charge >= 0.3 is 6.09 Å². The van der Waals surface area contributed by atoms with Crippen LogP contribution in [0.1, 0.15) is 51.8 Å². The van der Waals surface area contributed by atoms with Crippen molar-refractivity contribution in [2.24, 2.45) is 0 Å². The van der Waals surface area contributed by atoms with Gasteiger partial charge in [-0.15, -0.1) is 10.2 Å². The Morgan fingerprint density at radius 1 is 1.47 bits per heavy atom. The molecule has 0 radical (unpaired) electrons. The van der Waals surface area contributed by atoms with Crippen LogP contribution >= 0.6 is 0 Å². The van der Waals surface area contributed by atoms with Crippen molar-refractivity contribution < 1.29 is 13.9 Å². The molecule has 1 N–H and O–H groups in total. The fourth-order valence-electron chi connectivity index (χ4n) is 1.93. The Balaban J connectivity index is 2.10. The Morgan fingerprint density at radius 3 is 2.58 bits per heavy atom. The van der Waals surface area contributed by atoms with E-state index in [1.165, 1.54) is 6.08 Å². The van der Waals surface area contributed by atoms with E-state index in [1.807, 2.05) is 20.8 Å². The highest BCUT2D eigenvalue weighted by Gasteiger charge is 2.45. The first kappa shape index (κ1) is 13.6. The Hall–Kier alpha value is -1.85. The number of hydrogen-bond acceptors (Lipinski definition) is 5. The number of ether oxygens (including phenoxy) is 1. The summed E-state index contributed by atoms with van der Waals surface area (Å²) in [5.74, 6) is 0.770. The molecule has 0 spiro atoms. The van der Waals surface area contributed by atoms with Crippen LogP contribution in [0.15, 0.2) is 11.0 Å². The molecule has 1 aliphatic carbocycles. The van der Waals surface area contributed by atoms with Crippen molar-refractivity contribution in [3.8, 4) is 0 Å². The first-order valence-electron chi connectivity index (χ1n) is 6.32. The minimum absolute atomic E-state index is 0.354. The summed E-state index contributed by atoms with van der Waals surface area (Å²) < 4.78 is 10.7. The van der Waals surface area contributed by atoms with Crippen molar-refractivity contribution in [1.82, 2.24) is 15.5 Å². The highest BCUT2D eigenvalue weighted by Crippen LogP contribution is 2.40. The molecule has 0 aliphatic heterocycles. The van der Waals surface area contributed by atoms with Gasteiger partial charge in [0.25, 0.3) is 0 Å². The maximum atomic E-state index is 11.9. The summed E-state index contributed by atoms with van der Waals surface area (Å²) in [6.07, 6.45) is 3.55. The number of hydrogen-bond donors (Lipinski definition) is 1. The van der Waals surface area contributed by atoms with Crippen LogP contribution in [0.3, 0.4) is 0 Å². The van der Waals surface area contributed by atoms with Crippen molar-refractivity contribution in [2.75, 3.05) is 0 Å². The molecule has 0 saturated heterocycles. The Bertz CT molecular complexity index is 484.